The molecule has 2 heterocycles. The van der Waals surface area contributed by atoms with Gasteiger partial charge in [-0.3, -0.25) is 9.89 Å². The Balaban J connectivity index is 1.90. The fourth-order valence-electron chi connectivity index (χ4n) is 1.93. The van der Waals surface area contributed by atoms with Crippen molar-refractivity contribution in [1.29, 1.82) is 0 Å². The number of amides is 1. The third-order valence-corrected chi connectivity index (χ3v) is 4.02. The first kappa shape index (κ1) is 12.8. The first-order chi connectivity index (χ1) is 8.59. The Morgan fingerprint density at radius 1 is 1.44 bits per heavy atom. The number of carbonyl (C=O) groups excluding carboxylic acids is 1. The van der Waals surface area contributed by atoms with Crippen molar-refractivity contribution in [2.24, 2.45) is 0 Å². The molecule has 2 aromatic rings. The highest BCUT2D eigenvalue weighted by atomic mass is 32.1. The van der Waals surface area contributed by atoms with Crippen LogP contribution in [0.2, 0.25) is 0 Å². The number of aryl methyl sites for hydroxylation is 3. The number of hydrogen-bond donors (Lipinski definition) is 2. The molecule has 2 N–H and O–H groups in total. The summed E-state index contributed by atoms with van der Waals surface area (Å²) >= 11 is 1.48. The van der Waals surface area contributed by atoms with Gasteiger partial charge >= 0.3 is 0 Å². The summed E-state index contributed by atoms with van der Waals surface area (Å²) in [6.45, 7) is 6.57. The zero-order valence-electron chi connectivity index (χ0n) is 10.8. The molecule has 1 amide bonds. The van der Waals surface area contributed by atoms with Crippen LogP contribution in [0.15, 0.2) is 11.4 Å². The molecule has 0 saturated carbocycles. The number of nitrogens with zero attached hydrogens (tertiary/aromatic N) is 1. The second kappa shape index (κ2) is 5.35. The number of hydrogen-bond acceptors (Lipinski definition) is 3. The minimum absolute atomic E-state index is 0.0151. The second-order valence-corrected chi connectivity index (χ2v) is 5.27. The monoisotopic (exact) mass is 263 g/mol. The molecular weight excluding hydrogens is 246 g/mol. The molecule has 0 unspecified atom stereocenters. The van der Waals surface area contributed by atoms with Crippen molar-refractivity contribution in [3.05, 3.63) is 38.8 Å². The van der Waals surface area contributed by atoms with E-state index in [4.69, 9.17) is 0 Å². The summed E-state index contributed by atoms with van der Waals surface area (Å²) in [4.78, 5) is 12.7. The fraction of sp³-hybridized carbons (Fsp3) is 0.385. The average molecular weight is 263 g/mol. The van der Waals surface area contributed by atoms with Crippen LogP contribution in [0.3, 0.4) is 0 Å². The van der Waals surface area contributed by atoms with Crippen molar-refractivity contribution in [2.75, 3.05) is 6.54 Å². The van der Waals surface area contributed by atoms with Gasteiger partial charge < -0.3 is 5.32 Å². The molecule has 0 radical (unpaired) electrons. The Bertz CT molecular complexity index is 537. The molecule has 0 aromatic carbocycles. The standard InChI is InChI=1S/C13H17N3OS/c1-8-5-7-18-12(8)13(17)14-6-4-11-9(2)15-16-10(11)3/h5,7H,4,6H2,1-3H3,(H,14,17)(H,15,16). The first-order valence-electron chi connectivity index (χ1n) is 5.92. The van der Waals surface area contributed by atoms with Crippen molar-refractivity contribution < 1.29 is 4.79 Å². The highest BCUT2D eigenvalue weighted by Crippen LogP contribution is 2.15. The van der Waals surface area contributed by atoms with Crippen LogP contribution in [0, 0.1) is 20.8 Å². The summed E-state index contributed by atoms with van der Waals surface area (Å²) in [5, 5.41) is 12.0. The Kier molecular flexibility index (Phi) is 3.81. The third-order valence-electron chi connectivity index (χ3n) is 3.01. The minimum atomic E-state index is 0.0151. The van der Waals surface area contributed by atoms with Gasteiger partial charge in [0.2, 0.25) is 0 Å². The number of nitrogens with one attached hydrogen (secondary N) is 2. The lowest BCUT2D eigenvalue weighted by Gasteiger charge is -2.05. The van der Waals surface area contributed by atoms with Crippen molar-refractivity contribution >= 4 is 17.2 Å². The summed E-state index contributed by atoms with van der Waals surface area (Å²) in [6.07, 6.45) is 0.810. The topological polar surface area (TPSA) is 57.8 Å². The number of carbonyl (C=O) groups is 1. The van der Waals surface area contributed by atoms with E-state index in [0.717, 1.165) is 28.2 Å². The molecule has 4 nitrogen and oxygen atoms in total. The fourth-order valence-corrected chi connectivity index (χ4v) is 2.77. The minimum Gasteiger partial charge on any atom is -0.351 e. The Morgan fingerprint density at radius 3 is 2.78 bits per heavy atom. The van der Waals surface area contributed by atoms with Crippen LogP contribution in [-0.4, -0.2) is 22.6 Å². The number of aromatic nitrogens is 2. The summed E-state index contributed by atoms with van der Waals surface area (Å²) in [5.74, 6) is 0.0151. The lowest BCUT2D eigenvalue weighted by Crippen LogP contribution is -2.25. The molecule has 0 saturated heterocycles. The van der Waals surface area contributed by atoms with E-state index in [9.17, 15) is 4.79 Å². The normalized spacial score (nSPS) is 10.6. The molecule has 0 aliphatic rings. The predicted octanol–water partition coefficient (Wildman–Crippen LogP) is 2.37. The summed E-state index contributed by atoms with van der Waals surface area (Å²) < 4.78 is 0. The molecular formula is C13H17N3OS. The molecule has 0 aliphatic carbocycles. The SMILES string of the molecule is Cc1ccsc1C(=O)NCCc1c(C)n[nH]c1C. The lowest BCUT2D eigenvalue weighted by molar-refractivity contribution is 0.0957. The Labute approximate surface area is 110 Å². The highest BCUT2D eigenvalue weighted by Gasteiger charge is 2.11. The van der Waals surface area contributed by atoms with Gasteiger partial charge in [0.25, 0.3) is 5.91 Å². The first-order valence-corrected chi connectivity index (χ1v) is 6.80. The van der Waals surface area contributed by atoms with E-state index < -0.39 is 0 Å². The Morgan fingerprint density at radius 2 is 2.22 bits per heavy atom. The molecule has 0 fully saturated rings. The van der Waals surface area contributed by atoms with E-state index >= 15 is 0 Å². The van der Waals surface area contributed by atoms with Crippen LogP contribution in [-0.2, 0) is 6.42 Å². The van der Waals surface area contributed by atoms with Gasteiger partial charge in [0.05, 0.1) is 10.6 Å². The van der Waals surface area contributed by atoms with Crippen LogP contribution >= 0.6 is 11.3 Å². The van der Waals surface area contributed by atoms with Gasteiger partial charge in [-0.25, -0.2) is 0 Å². The van der Waals surface area contributed by atoms with Crippen LogP contribution in [0.25, 0.3) is 0 Å². The molecule has 0 spiro atoms. The van der Waals surface area contributed by atoms with Gasteiger partial charge in [-0.1, -0.05) is 0 Å². The molecule has 0 aliphatic heterocycles. The largest absolute Gasteiger partial charge is 0.351 e. The maximum Gasteiger partial charge on any atom is 0.261 e. The van der Waals surface area contributed by atoms with Crippen LogP contribution in [0.1, 0.15) is 32.2 Å². The van der Waals surface area contributed by atoms with Crippen LogP contribution in [0.5, 0.6) is 0 Å². The number of aromatic amines is 1. The third kappa shape index (κ3) is 2.61. The van der Waals surface area contributed by atoms with Crippen molar-refractivity contribution in [3.63, 3.8) is 0 Å². The molecule has 2 rings (SSSR count). The van der Waals surface area contributed by atoms with E-state index in [1.54, 1.807) is 0 Å². The van der Waals surface area contributed by atoms with Gasteiger partial charge in [-0.2, -0.15) is 5.10 Å². The van der Waals surface area contributed by atoms with Crippen LogP contribution in [0.4, 0.5) is 0 Å². The van der Waals surface area contributed by atoms with E-state index in [1.807, 2.05) is 32.2 Å². The smallest absolute Gasteiger partial charge is 0.261 e. The maximum absolute atomic E-state index is 11.9. The summed E-state index contributed by atoms with van der Waals surface area (Å²) in [6, 6.07) is 1.96. The predicted molar refractivity (Wildman–Crippen MR) is 73.2 cm³/mol. The summed E-state index contributed by atoms with van der Waals surface area (Å²) in [5.41, 5.74) is 4.31. The molecule has 96 valence electrons. The van der Waals surface area contributed by atoms with Gasteiger partial charge in [-0.05, 0) is 49.8 Å². The lowest BCUT2D eigenvalue weighted by atomic mass is 10.1. The van der Waals surface area contributed by atoms with Crippen LogP contribution < -0.4 is 5.32 Å². The van der Waals surface area contributed by atoms with E-state index in [1.165, 1.54) is 16.9 Å². The van der Waals surface area contributed by atoms with Crippen molar-refractivity contribution in [2.45, 2.75) is 27.2 Å². The highest BCUT2D eigenvalue weighted by molar-refractivity contribution is 7.12. The zero-order valence-corrected chi connectivity index (χ0v) is 11.6. The van der Waals surface area contributed by atoms with E-state index in [2.05, 4.69) is 15.5 Å². The molecule has 18 heavy (non-hydrogen) atoms. The number of H-pyrrole nitrogens is 1. The molecule has 0 atom stereocenters. The Hall–Kier alpha value is -1.62. The maximum atomic E-state index is 11.9. The zero-order chi connectivity index (χ0) is 13.1. The van der Waals surface area contributed by atoms with Gasteiger partial charge in [0.1, 0.15) is 0 Å². The quantitative estimate of drug-likeness (QED) is 0.889. The molecule has 5 heteroatoms. The second-order valence-electron chi connectivity index (χ2n) is 4.35. The molecule has 2 aromatic heterocycles. The van der Waals surface area contributed by atoms with Crippen molar-refractivity contribution in [1.82, 2.24) is 15.5 Å². The molecule has 0 bridgehead atoms. The van der Waals surface area contributed by atoms with E-state index in [-0.39, 0.29) is 5.91 Å². The van der Waals surface area contributed by atoms with Gasteiger partial charge in [0.15, 0.2) is 0 Å². The van der Waals surface area contributed by atoms with E-state index in [0.29, 0.717) is 6.54 Å². The van der Waals surface area contributed by atoms with Gasteiger partial charge in [-0.15, -0.1) is 11.3 Å². The number of thiophene rings is 1. The van der Waals surface area contributed by atoms with Crippen molar-refractivity contribution in [3.8, 4) is 0 Å². The average Bonchev–Trinajstić information content (AvgIpc) is 2.89. The van der Waals surface area contributed by atoms with Gasteiger partial charge in [0, 0.05) is 12.2 Å². The number of rotatable bonds is 4. The summed E-state index contributed by atoms with van der Waals surface area (Å²) in [7, 11) is 0.